The Hall–Kier alpha value is -2.89. The molecule has 0 aliphatic carbocycles. The summed E-state index contributed by atoms with van der Waals surface area (Å²) in [5.41, 5.74) is 2.13. The van der Waals surface area contributed by atoms with Crippen LogP contribution in [-0.4, -0.2) is 25.5 Å². The van der Waals surface area contributed by atoms with Crippen molar-refractivity contribution in [3.05, 3.63) is 65.5 Å². The monoisotopic (exact) mass is 330 g/mol. The summed E-state index contributed by atoms with van der Waals surface area (Å²) in [7, 11) is 1.33. The van der Waals surface area contributed by atoms with Gasteiger partial charge in [-0.15, -0.1) is 0 Å². The van der Waals surface area contributed by atoms with E-state index < -0.39 is 0 Å². The molecule has 0 spiro atoms. The number of esters is 1. The Labute approximate surface area is 139 Å². The minimum Gasteiger partial charge on any atom is -0.465 e. The number of ether oxygens (including phenoxy) is 1. The molecule has 24 heavy (non-hydrogen) atoms. The number of carbonyl (C=O) groups excluding carboxylic acids is 2. The van der Waals surface area contributed by atoms with Gasteiger partial charge < -0.3 is 15.4 Å². The van der Waals surface area contributed by atoms with Crippen LogP contribution in [-0.2, 0) is 16.1 Å². The maximum Gasteiger partial charge on any atom is 0.337 e. The van der Waals surface area contributed by atoms with Gasteiger partial charge in [-0.25, -0.2) is 9.18 Å². The molecule has 0 radical (unpaired) electrons. The summed E-state index contributed by atoms with van der Waals surface area (Å²) in [4.78, 5) is 23.1. The second-order valence-electron chi connectivity index (χ2n) is 5.15. The van der Waals surface area contributed by atoms with E-state index in [-0.39, 0.29) is 17.7 Å². The van der Waals surface area contributed by atoms with Gasteiger partial charge in [0, 0.05) is 25.2 Å². The maximum atomic E-state index is 12.8. The second-order valence-corrected chi connectivity index (χ2v) is 5.15. The average molecular weight is 330 g/mol. The van der Waals surface area contributed by atoms with Crippen molar-refractivity contribution in [3.63, 3.8) is 0 Å². The summed E-state index contributed by atoms with van der Waals surface area (Å²) >= 11 is 0. The molecule has 0 aliphatic heterocycles. The number of rotatable bonds is 7. The van der Waals surface area contributed by atoms with Gasteiger partial charge in [-0.3, -0.25) is 4.79 Å². The van der Waals surface area contributed by atoms with Crippen LogP contribution < -0.4 is 10.6 Å². The van der Waals surface area contributed by atoms with Crippen LogP contribution in [0.3, 0.4) is 0 Å². The van der Waals surface area contributed by atoms with Gasteiger partial charge in [-0.05, 0) is 42.0 Å². The topological polar surface area (TPSA) is 67.4 Å². The summed E-state index contributed by atoms with van der Waals surface area (Å²) in [5.74, 6) is -0.785. The zero-order valence-electron chi connectivity index (χ0n) is 13.3. The van der Waals surface area contributed by atoms with Gasteiger partial charge in [0.1, 0.15) is 5.82 Å². The Morgan fingerprint density at radius 3 is 2.33 bits per heavy atom. The van der Waals surface area contributed by atoms with Crippen molar-refractivity contribution in [1.29, 1.82) is 0 Å². The normalized spacial score (nSPS) is 10.1. The quantitative estimate of drug-likeness (QED) is 0.766. The SMILES string of the molecule is COC(=O)c1ccc(NCCC(=O)NCc2ccc(F)cc2)cc1. The van der Waals surface area contributed by atoms with E-state index in [1.165, 1.54) is 19.2 Å². The number of anilines is 1. The molecule has 0 saturated heterocycles. The lowest BCUT2D eigenvalue weighted by Crippen LogP contribution is -2.24. The lowest BCUT2D eigenvalue weighted by Gasteiger charge is -2.08. The standard InChI is InChI=1S/C18H19FN2O3/c1-24-18(23)14-4-8-16(9-5-14)20-11-10-17(22)21-12-13-2-6-15(19)7-3-13/h2-9,20H,10-12H2,1H3,(H,21,22). The van der Waals surface area contributed by atoms with Crippen LogP contribution in [0, 0.1) is 5.82 Å². The van der Waals surface area contributed by atoms with Crippen LogP contribution in [0.2, 0.25) is 0 Å². The lowest BCUT2D eigenvalue weighted by molar-refractivity contribution is -0.121. The van der Waals surface area contributed by atoms with E-state index in [1.807, 2.05) is 0 Å². The average Bonchev–Trinajstić information content (AvgIpc) is 2.61. The van der Waals surface area contributed by atoms with E-state index >= 15 is 0 Å². The second kappa shape index (κ2) is 8.67. The predicted molar refractivity (Wildman–Crippen MR) is 89.1 cm³/mol. The predicted octanol–water partition coefficient (Wildman–Crippen LogP) is 2.73. The molecule has 1 amide bonds. The minimum atomic E-state index is -0.387. The molecule has 126 valence electrons. The molecule has 0 aliphatic rings. The molecule has 5 nitrogen and oxygen atoms in total. The van der Waals surface area contributed by atoms with Crippen molar-refractivity contribution in [1.82, 2.24) is 5.32 Å². The highest BCUT2D eigenvalue weighted by Gasteiger charge is 2.05. The third-order valence-electron chi connectivity index (χ3n) is 3.39. The Morgan fingerprint density at radius 1 is 1.04 bits per heavy atom. The van der Waals surface area contributed by atoms with E-state index in [0.29, 0.717) is 25.1 Å². The first kappa shape index (κ1) is 17.5. The number of carbonyl (C=O) groups is 2. The number of nitrogens with one attached hydrogen (secondary N) is 2. The number of hydrogen-bond donors (Lipinski definition) is 2. The van der Waals surface area contributed by atoms with Gasteiger partial charge in [0.2, 0.25) is 5.91 Å². The Bertz CT molecular complexity index is 684. The Kier molecular flexibility index (Phi) is 6.31. The summed E-state index contributed by atoms with van der Waals surface area (Å²) in [6.45, 7) is 0.833. The number of amides is 1. The Morgan fingerprint density at radius 2 is 1.71 bits per heavy atom. The summed E-state index contributed by atoms with van der Waals surface area (Å²) in [6.07, 6.45) is 0.306. The fourth-order valence-corrected chi connectivity index (χ4v) is 2.05. The van der Waals surface area contributed by atoms with Crippen LogP contribution >= 0.6 is 0 Å². The highest BCUT2D eigenvalue weighted by molar-refractivity contribution is 5.89. The molecule has 0 bridgehead atoms. The van der Waals surface area contributed by atoms with Gasteiger partial charge in [0.15, 0.2) is 0 Å². The van der Waals surface area contributed by atoms with Crippen molar-refractivity contribution < 1.29 is 18.7 Å². The van der Waals surface area contributed by atoms with Crippen molar-refractivity contribution in [2.45, 2.75) is 13.0 Å². The largest absolute Gasteiger partial charge is 0.465 e. The smallest absolute Gasteiger partial charge is 0.337 e. The van der Waals surface area contributed by atoms with Gasteiger partial charge in [0.05, 0.1) is 12.7 Å². The number of benzene rings is 2. The Balaban J connectivity index is 1.70. The molecule has 0 atom stereocenters. The molecular weight excluding hydrogens is 311 g/mol. The van der Waals surface area contributed by atoms with Crippen LogP contribution in [0.15, 0.2) is 48.5 Å². The van der Waals surface area contributed by atoms with Crippen molar-refractivity contribution in [2.75, 3.05) is 19.0 Å². The highest BCUT2D eigenvalue weighted by atomic mass is 19.1. The van der Waals surface area contributed by atoms with Crippen LogP contribution in [0.4, 0.5) is 10.1 Å². The van der Waals surface area contributed by atoms with Gasteiger partial charge >= 0.3 is 5.97 Å². The summed E-state index contributed by atoms with van der Waals surface area (Å²) in [5, 5.41) is 5.88. The van der Waals surface area contributed by atoms with E-state index in [9.17, 15) is 14.0 Å². The molecule has 2 aromatic rings. The number of hydrogen-bond acceptors (Lipinski definition) is 4. The molecule has 2 rings (SSSR count). The molecule has 0 saturated carbocycles. The lowest BCUT2D eigenvalue weighted by atomic mass is 10.2. The first-order chi connectivity index (χ1) is 11.6. The zero-order chi connectivity index (χ0) is 17.4. The van der Waals surface area contributed by atoms with Gasteiger partial charge in [-0.2, -0.15) is 0 Å². The molecule has 0 aromatic heterocycles. The molecule has 2 N–H and O–H groups in total. The number of halogens is 1. The van der Waals surface area contributed by atoms with Crippen LogP contribution in [0.25, 0.3) is 0 Å². The van der Waals surface area contributed by atoms with Crippen molar-refractivity contribution in [2.24, 2.45) is 0 Å². The molecule has 0 fully saturated rings. The highest BCUT2D eigenvalue weighted by Crippen LogP contribution is 2.10. The van der Waals surface area contributed by atoms with E-state index in [0.717, 1.165) is 11.3 Å². The number of methoxy groups -OCH3 is 1. The van der Waals surface area contributed by atoms with E-state index in [1.54, 1.807) is 36.4 Å². The first-order valence-corrected chi connectivity index (χ1v) is 7.52. The van der Waals surface area contributed by atoms with E-state index in [2.05, 4.69) is 15.4 Å². The maximum absolute atomic E-state index is 12.8. The third kappa shape index (κ3) is 5.39. The van der Waals surface area contributed by atoms with Crippen LogP contribution in [0.5, 0.6) is 0 Å². The van der Waals surface area contributed by atoms with Gasteiger partial charge in [0.25, 0.3) is 0 Å². The molecule has 0 unspecified atom stereocenters. The van der Waals surface area contributed by atoms with Crippen molar-refractivity contribution >= 4 is 17.6 Å². The van der Waals surface area contributed by atoms with Gasteiger partial charge in [-0.1, -0.05) is 12.1 Å². The molecule has 0 heterocycles. The summed E-state index contributed by atoms with van der Waals surface area (Å²) < 4.78 is 17.4. The van der Waals surface area contributed by atoms with Crippen LogP contribution in [0.1, 0.15) is 22.3 Å². The fraction of sp³-hybridized carbons (Fsp3) is 0.222. The zero-order valence-corrected chi connectivity index (χ0v) is 13.3. The summed E-state index contributed by atoms with van der Waals surface area (Å²) in [6, 6.07) is 12.8. The molecular formula is C18H19FN2O3. The fourth-order valence-electron chi connectivity index (χ4n) is 2.05. The van der Waals surface area contributed by atoms with E-state index in [4.69, 9.17) is 0 Å². The molecule has 2 aromatic carbocycles. The minimum absolute atomic E-state index is 0.0991. The molecule has 6 heteroatoms. The third-order valence-corrected chi connectivity index (χ3v) is 3.39. The first-order valence-electron chi connectivity index (χ1n) is 7.52. The van der Waals surface area contributed by atoms with Crippen molar-refractivity contribution in [3.8, 4) is 0 Å².